The molecule has 0 saturated carbocycles. The number of aromatic nitrogens is 2. The molecule has 3 rings (SSSR count). The van der Waals surface area contributed by atoms with Gasteiger partial charge in [-0.25, -0.2) is 14.4 Å². The standard InChI is InChI=1S/C19H23FN4O2/c1-12-3-4-14(9-16(12)20)17-10-19(23-18(11-25)22-17)24-7-5-15(6-8-24)21-13(2)26/h3-4,9-10,15,25H,5-8,11H2,1-2H3,(H,21,26). The summed E-state index contributed by atoms with van der Waals surface area (Å²) < 4.78 is 13.9. The fraction of sp³-hybridized carbons (Fsp3) is 0.421. The average Bonchev–Trinajstić information content (AvgIpc) is 2.63. The molecule has 0 aliphatic carbocycles. The van der Waals surface area contributed by atoms with Crippen molar-refractivity contribution in [3.8, 4) is 11.3 Å². The molecule has 2 aromatic rings. The van der Waals surface area contributed by atoms with Gasteiger partial charge in [-0.05, 0) is 31.4 Å². The van der Waals surface area contributed by atoms with E-state index in [9.17, 15) is 14.3 Å². The Kier molecular flexibility index (Phi) is 5.46. The van der Waals surface area contributed by atoms with Gasteiger partial charge in [-0.1, -0.05) is 12.1 Å². The van der Waals surface area contributed by atoms with Crippen LogP contribution in [-0.4, -0.2) is 40.1 Å². The Morgan fingerprint density at radius 2 is 2.04 bits per heavy atom. The predicted octanol–water partition coefficient (Wildman–Crippen LogP) is 2.19. The highest BCUT2D eigenvalue weighted by atomic mass is 19.1. The zero-order chi connectivity index (χ0) is 18.7. The summed E-state index contributed by atoms with van der Waals surface area (Å²) in [6.07, 6.45) is 1.65. The zero-order valence-corrected chi connectivity index (χ0v) is 15.0. The van der Waals surface area contributed by atoms with Crippen LogP contribution in [0.1, 0.15) is 31.2 Å². The molecule has 7 heteroatoms. The van der Waals surface area contributed by atoms with E-state index < -0.39 is 0 Å². The molecule has 6 nitrogen and oxygen atoms in total. The molecule has 1 saturated heterocycles. The number of anilines is 1. The van der Waals surface area contributed by atoms with Crippen molar-refractivity contribution in [3.63, 3.8) is 0 Å². The van der Waals surface area contributed by atoms with Crippen molar-refractivity contribution in [3.05, 3.63) is 41.5 Å². The minimum absolute atomic E-state index is 0.0169. The van der Waals surface area contributed by atoms with Crippen LogP contribution in [0, 0.1) is 12.7 Å². The van der Waals surface area contributed by atoms with Gasteiger partial charge in [0.25, 0.3) is 0 Å². The number of carbonyl (C=O) groups excluding carboxylic acids is 1. The Morgan fingerprint density at radius 1 is 1.31 bits per heavy atom. The molecule has 1 aromatic carbocycles. The van der Waals surface area contributed by atoms with E-state index >= 15 is 0 Å². The number of piperidine rings is 1. The Bertz CT molecular complexity index is 804. The molecule has 0 bridgehead atoms. The molecule has 1 aliphatic rings. The molecule has 1 aliphatic heterocycles. The van der Waals surface area contributed by atoms with E-state index in [1.807, 2.05) is 12.1 Å². The second-order valence-electron chi connectivity index (χ2n) is 6.61. The van der Waals surface area contributed by atoms with Gasteiger partial charge in [0, 0.05) is 37.7 Å². The van der Waals surface area contributed by atoms with E-state index in [-0.39, 0.29) is 24.4 Å². The SMILES string of the molecule is CC(=O)NC1CCN(c2cc(-c3ccc(C)c(F)c3)nc(CO)n2)CC1. The highest BCUT2D eigenvalue weighted by Crippen LogP contribution is 2.25. The molecule has 138 valence electrons. The third kappa shape index (κ3) is 4.16. The van der Waals surface area contributed by atoms with Gasteiger partial charge in [0.05, 0.1) is 5.69 Å². The number of benzene rings is 1. The molecular weight excluding hydrogens is 335 g/mol. The maximum atomic E-state index is 13.9. The molecule has 0 unspecified atom stereocenters. The van der Waals surface area contributed by atoms with Crippen molar-refractivity contribution in [2.24, 2.45) is 0 Å². The maximum Gasteiger partial charge on any atom is 0.217 e. The van der Waals surface area contributed by atoms with Crippen LogP contribution in [-0.2, 0) is 11.4 Å². The summed E-state index contributed by atoms with van der Waals surface area (Å²) in [4.78, 5) is 22.0. The molecule has 2 N–H and O–H groups in total. The van der Waals surface area contributed by atoms with Crippen LogP contribution < -0.4 is 10.2 Å². The summed E-state index contributed by atoms with van der Waals surface area (Å²) in [7, 11) is 0. The van der Waals surface area contributed by atoms with Crippen LogP contribution in [0.4, 0.5) is 10.2 Å². The van der Waals surface area contributed by atoms with E-state index in [1.165, 1.54) is 13.0 Å². The molecule has 26 heavy (non-hydrogen) atoms. The van der Waals surface area contributed by atoms with E-state index in [2.05, 4.69) is 20.2 Å². The number of aliphatic hydroxyl groups is 1. The van der Waals surface area contributed by atoms with Gasteiger partial charge in [-0.2, -0.15) is 0 Å². The van der Waals surface area contributed by atoms with Crippen LogP contribution in [0.2, 0.25) is 0 Å². The van der Waals surface area contributed by atoms with Gasteiger partial charge >= 0.3 is 0 Å². The zero-order valence-electron chi connectivity index (χ0n) is 15.0. The van der Waals surface area contributed by atoms with Crippen molar-refractivity contribution in [2.45, 2.75) is 39.3 Å². The highest BCUT2D eigenvalue weighted by molar-refractivity contribution is 5.73. The Labute approximate surface area is 152 Å². The Hall–Kier alpha value is -2.54. The van der Waals surface area contributed by atoms with Gasteiger partial charge in [-0.3, -0.25) is 4.79 Å². The van der Waals surface area contributed by atoms with Crippen LogP contribution in [0.25, 0.3) is 11.3 Å². The van der Waals surface area contributed by atoms with Gasteiger partial charge in [0.2, 0.25) is 5.91 Å². The lowest BCUT2D eigenvalue weighted by atomic mass is 10.0. The monoisotopic (exact) mass is 358 g/mol. The summed E-state index contributed by atoms with van der Waals surface area (Å²) in [5.74, 6) is 0.713. The van der Waals surface area contributed by atoms with Crippen molar-refractivity contribution in [2.75, 3.05) is 18.0 Å². The van der Waals surface area contributed by atoms with Crippen LogP contribution in [0.5, 0.6) is 0 Å². The van der Waals surface area contributed by atoms with Gasteiger partial charge in [0.15, 0.2) is 5.82 Å². The molecule has 2 heterocycles. The first-order valence-corrected chi connectivity index (χ1v) is 8.73. The molecular formula is C19H23FN4O2. The van der Waals surface area contributed by atoms with Crippen LogP contribution in [0.15, 0.2) is 24.3 Å². The first-order chi connectivity index (χ1) is 12.5. The number of amides is 1. The summed E-state index contributed by atoms with van der Waals surface area (Å²) in [5, 5.41) is 12.5. The minimum atomic E-state index is -0.288. The number of halogens is 1. The normalized spacial score (nSPS) is 15.2. The number of aryl methyl sites for hydroxylation is 1. The summed E-state index contributed by atoms with van der Waals surface area (Å²) >= 11 is 0. The second-order valence-corrected chi connectivity index (χ2v) is 6.61. The third-order valence-corrected chi connectivity index (χ3v) is 4.59. The lowest BCUT2D eigenvalue weighted by Crippen LogP contribution is -2.44. The lowest BCUT2D eigenvalue weighted by molar-refractivity contribution is -0.119. The van der Waals surface area contributed by atoms with Crippen molar-refractivity contribution < 1.29 is 14.3 Å². The number of hydrogen-bond donors (Lipinski definition) is 2. The van der Waals surface area contributed by atoms with Gasteiger partial charge in [0.1, 0.15) is 18.2 Å². The molecule has 1 aromatic heterocycles. The Balaban J connectivity index is 1.84. The molecule has 1 fully saturated rings. The van der Waals surface area contributed by atoms with Crippen molar-refractivity contribution in [1.29, 1.82) is 0 Å². The number of nitrogens with one attached hydrogen (secondary N) is 1. The molecule has 0 radical (unpaired) electrons. The molecule has 0 spiro atoms. The van der Waals surface area contributed by atoms with E-state index in [0.717, 1.165) is 25.9 Å². The first-order valence-electron chi connectivity index (χ1n) is 8.73. The minimum Gasteiger partial charge on any atom is -0.388 e. The number of nitrogens with zero attached hydrogens (tertiary/aromatic N) is 3. The number of hydrogen-bond acceptors (Lipinski definition) is 5. The number of rotatable bonds is 4. The molecule has 0 atom stereocenters. The van der Waals surface area contributed by atoms with Crippen LogP contribution >= 0.6 is 0 Å². The number of aliphatic hydroxyl groups excluding tert-OH is 1. The van der Waals surface area contributed by atoms with Crippen molar-refractivity contribution >= 4 is 11.7 Å². The van der Waals surface area contributed by atoms with E-state index in [0.29, 0.717) is 28.5 Å². The fourth-order valence-electron chi connectivity index (χ4n) is 3.16. The summed E-state index contributed by atoms with van der Waals surface area (Å²) in [6, 6.07) is 6.97. The predicted molar refractivity (Wildman–Crippen MR) is 97.1 cm³/mol. The third-order valence-electron chi connectivity index (χ3n) is 4.59. The molecule has 1 amide bonds. The quantitative estimate of drug-likeness (QED) is 0.876. The Morgan fingerprint density at radius 3 is 2.65 bits per heavy atom. The van der Waals surface area contributed by atoms with Crippen LogP contribution in [0.3, 0.4) is 0 Å². The highest BCUT2D eigenvalue weighted by Gasteiger charge is 2.22. The topological polar surface area (TPSA) is 78.4 Å². The fourth-order valence-corrected chi connectivity index (χ4v) is 3.16. The van der Waals surface area contributed by atoms with E-state index in [4.69, 9.17) is 0 Å². The first kappa shape index (κ1) is 18.3. The largest absolute Gasteiger partial charge is 0.388 e. The lowest BCUT2D eigenvalue weighted by Gasteiger charge is -2.33. The van der Waals surface area contributed by atoms with E-state index in [1.54, 1.807) is 13.0 Å². The second kappa shape index (κ2) is 7.78. The summed E-state index contributed by atoms with van der Waals surface area (Å²) in [5.41, 5.74) is 1.81. The van der Waals surface area contributed by atoms with Gasteiger partial charge in [-0.15, -0.1) is 0 Å². The maximum absolute atomic E-state index is 13.9. The van der Waals surface area contributed by atoms with Gasteiger partial charge < -0.3 is 15.3 Å². The van der Waals surface area contributed by atoms with Crippen molar-refractivity contribution in [1.82, 2.24) is 15.3 Å². The smallest absolute Gasteiger partial charge is 0.217 e. The number of carbonyl (C=O) groups is 1. The summed E-state index contributed by atoms with van der Waals surface area (Å²) in [6.45, 7) is 4.45. The average molecular weight is 358 g/mol.